The van der Waals surface area contributed by atoms with Gasteiger partial charge < -0.3 is 15.5 Å². The van der Waals surface area contributed by atoms with Gasteiger partial charge in [-0.1, -0.05) is 36.4 Å². The van der Waals surface area contributed by atoms with Crippen LogP contribution in [-0.2, 0) is 6.54 Å². The van der Waals surface area contributed by atoms with E-state index in [1.807, 2.05) is 37.3 Å². The Balaban J connectivity index is 2.10. The molecule has 0 saturated carbocycles. The highest BCUT2D eigenvalue weighted by molar-refractivity contribution is 5.40. The first-order valence-electron chi connectivity index (χ1n) is 7.80. The van der Waals surface area contributed by atoms with Crippen LogP contribution in [0, 0.1) is 13.8 Å². The van der Waals surface area contributed by atoms with Gasteiger partial charge in [-0.25, -0.2) is 0 Å². The van der Waals surface area contributed by atoms with E-state index in [1.165, 1.54) is 11.1 Å². The van der Waals surface area contributed by atoms with Crippen molar-refractivity contribution in [3.8, 4) is 5.75 Å². The lowest BCUT2D eigenvalue weighted by atomic mass is 10.0. The van der Waals surface area contributed by atoms with Crippen LogP contribution in [-0.4, -0.2) is 16.8 Å². The van der Waals surface area contributed by atoms with E-state index in [0.717, 1.165) is 24.0 Å². The van der Waals surface area contributed by atoms with Gasteiger partial charge in [-0.05, 0) is 49.4 Å². The van der Waals surface area contributed by atoms with Crippen LogP contribution in [0.15, 0.2) is 42.5 Å². The molecule has 3 nitrogen and oxygen atoms in total. The van der Waals surface area contributed by atoms with Crippen molar-refractivity contribution in [2.45, 2.75) is 39.3 Å². The molecular weight excluding hydrogens is 274 g/mol. The molecule has 0 aliphatic rings. The summed E-state index contributed by atoms with van der Waals surface area (Å²) in [4.78, 5) is 0. The molecule has 0 amide bonds. The predicted octanol–water partition coefficient (Wildman–Crippen LogP) is 3.61. The lowest BCUT2D eigenvalue weighted by Gasteiger charge is -2.20. The third-order valence-corrected chi connectivity index (χ3v) is 4.09. The highest BCUT2D eigenvalue weighted by atomic mass is 16.3. The van der Waals surface area contributed by atoms with Crippen molar-refractivity contribution < 1.29 is 10.2 Å². The summed E-state index contributed by atoms with van der Waals surface area (Å²) in [5, 5.41) is 22.7. The smallest absolute Gasteiger partial charge is 0.120 e. The lowest BCUT2D eigenvalue weighted by Crippen LogP contribution is -2.21. The van der Waals surface area contributed by atoms with Crippen molar-refractivity contribution in [1.82, 2.24) is 5.32 Å². The average molecular weight is 299 g/mol. The van der Waals surface area contributed by atoms with Crippen LogP contribution in [0.4, 0.5) is 0 Å². The maximum Gasteiger partial charge on any atom is 0.120 e. The third kappa shape index (κ3) is 4.33. The van der Waals surface area contributed by atoms with Gasteiger partial charge in [0, 0.05) is 24.8 Å². The van der Waals surface area contributed by atoms with Gasteiger partial charge in [-0.3, -0.25) is 0 Å². The molecule has 3 N–H and O–H groups in total. The maximum atomic E-state index is 10.1. The van der Waals surface area contributed by atoms with Gasteiger partial charge in [-0.2, -0.15) is 0 Å². The van der Waals surface area contributed by atoms with Crippen LogP contribution in [0.2, 0.25) is 0 Å². The largest absolute Gasteiger partial charge is 0.508 e. The summed E-state index contributed by atoms with van der Waals surface area (Å²) in [7, 11) is 0. The van der Waals surface area contributed by atoms with Gasteiger partial charge in [0.05, 0.1) is 0 Å². The van der Waals surface area contributed by atoms with Crippen molar-refractivity contribution in [3.63, 3.8) is 0 Å². The van der Waals surface area contributed by atoms with Gasteiger partial charge in [0.1, 0.15) is 5.75 Å². The van der Waals surface area contributed by atoms with Crippen LogP contribution in [0.5, 0.6) is 5.75 Å². The van der Waals surface area contributed by atoms with E-state index in [2.05, 4.69) is 24.4 Å². The molecule has 0 aromatic heterocycles. The minimum atomic E-state index is 0.175. The predicted molar refractivity (Wildman–Crippen MR) is 89.9 cm³/mol. The van der Waals surface area contributed by atoms with Gasteiger partial charge in [-0.15, -0.1) is 0 Å². The van der Waals surface area contributed by atoms with Crippen molar-refractivity contribution in [3.05, 3.63) is 64.7 Å². The summed E-state index contributed by atoms with van der Waals surface area (Å²) in [6.07, 6.45) is 1.62. The number of benzene rings is 2. The van der Waals surface area contributed by atoms with Crippen LogP contribution >= 0.6 is 0 Å². The van der Waals surface area contributed by atoms with Gasteiger partial charge >= 0.3 is 0 Å². The van der Waals surface area contributed by atoms with Crippen molar-refractivity contribution in [2.75, 3.05) is 6.61 Å². The molecule has 0 aliphatic carbocycles. The molecule has 2 aromatic rings. The van der Waals surface area contributed by atoms with E-state index in [1.54, 1.807) is 0 Å². The summed E-state index contributed by atoms with van der Waals surface area (Å²) in [6, 6.07) is 14.3. The van der Waals surface area contributed by atoms with E-state index < -0.39 is 0 Å². The molecule has 0 aliphatic heterocycles. The second-order valence-corrected chi connectivity index (χ2v) is 5.78. The van der Waals surface area contributed by atoms with Gasteiger partial charge in [0.2, 0.25) is 0 Å². The zero-order chi connectivity index (χ0) is 15.9. The second kappa shape index (κ2) is 7.97. The summed E-state index contributed by atoms with van der Waals surface area (Å²) in [5.74, 6) is 0.338. The van der Waals surface area contributed by atoms with Crippen LogP contribution in [0.25, 0.3) is 0 Å². The quantitative estimate of drug-likeness (QED) is 0.732. The molecule has 22 heavy (non-hydrogen) atoms. The minimum Gasteiger partial charge on any atom is -0.508 e. The monoisotopic (exact) mass is 299 g/mol. The standard InChI is InChI=1S/C19H25NO2/c1-14-11-17(19(22)12-15(14)2)13-20-18(9-6-10-21)16-7-4-3-5-8-16/h3-5,7-8,11-12,18,20-22H,6,9-10,13H2,1-2H3. The van der Waals surface area contributed by atoms with Crippen molar-refractivity contribution >= 4 is 0 Å². The Labute approximate surface area is 132 Å². The molecule has 1 unspecified atom stereocenters. The number of aryl methyl sites for hydroxylation is 2. The zero-order valence-electron chi connectivity index (χ0n) is 13.3. The molecule has 1 atom stereocenters. The van der Waals surface area contributed by atoms with Gasteiger partial charge in [0.15, 0.2) is 0 Å². The Morgan fingerprint density at radius 2 is 1.73 bits per heavy atom. The topological polar surface area (TPSA) is 52.5 Å². The molecule has 2 rings (SSSR count). The molecule has 0 bridgehead atoms. The molecule has 0 radical (unpaired) electrons. The number of aromatic hydroxyl groups is 1. The van der Waals surface area contributed by atoms with Crippen LogP contribution in [0.1, 0.15) is 41.1 Å². The molecule has 0 fully saturated rings. The number of hydrogen-bond donors (Lipinski definition) is 3. The fourth-order valence-electron chi connectivity index (χ4n) is 2.60. The average Bonchev–Trinajstić information content (AvgIpc) is 2.53. The fourth-order valence-corrected chi connectivity index (χ4v) is 2.60. The summed E-state index contributed by atoms with van der Waals surface area (Å²) in [6.45, 7) is 4.86. The first-order chi connectivity index (χ1) is 10.6. The van der Waals surface area contributed by atoms with E-state index in [-0.39, 0.29) is 12.6 Å². The molecule has 118 valence electrons. The number of phenolic OH excluding ortho intramolecular Hbond substituents is 1. The molecule has 0 spiro atoms. The van der Waals surface area contributed by atoms with Crippen LogP contribution in [0.3, 0.4) is 0 Å². The van der Waals surface area contributed by atoms with Gasteiger partial charge in [0.25, 0.3) is 0 Å². The number of nitrogens with one attached hydrogen (secondary N) is 1. The highest BCUT2D eigenvalue weighted by Crippen LogP contribution is 2.24. The molecular formula is C19H25NO2. The Bertz CT molecular complexity index is 596. The third-order valence-electron chi connectivity index (χ3n) is 4.09. The number of phenols is 1. The number of hydrogen-bond acceptors (Lipinski definition) is 3. The van der Waals surface area contributed by atoms with E-state index in [9.17, 15) is 5.11 Å². The van der Waals surface area contributed by atoms with E-state index in [0.29, 0.717) is 12.3 Å². The Morgan fingerprint density at radius 1 is 1.05 bits per heavy atom. The second-order valence-electron chi connectivity index (χ2n) is 5.78. The van der Waals surface area contributed by atoms with E-state index >= 15 is 0 Å². The fraction of sp³-hybridized carbons (Fsp3) is 0.368. The maximum absolute atomic E-state index is 10.1. The first-order valence-corrected chi connectivity index (χ1v) is 7.80. The highest BCUT2D eigenvalue weighted by Gasteiger charge is 2.12. The molecule has 3 heteroatoms. The molecule has 0 heterocycles. The lowest BCUT2D eigenvalue weighted by molar-refractivity contribution is 0.274. The number of rotatable bonds is 7. The minimum absolute atomic E-state index is 0.175. The number of aliphatic hydroxyl groups excluding tert-OH is 1. The van der Waals surface area contributed by atoms with E-state index in [4.69, 9.17) is 5.11 Å². The summed E-state index contributed by atoms with van der Waals surface area (Å²) >= 11 is 0. The summed E-state index contributed by atoms with van der Waals surface area (Å²) in [5.41, 5.74) is 4.40. The number of aliphatic hydroxyl groups is 1. The first kappa shape index (κ1) is 16.5. The normalized spacial score (nSPS) is 12.3. The Morgan fingerprint density at radius 3 is 2.41 bits per heavy atom. The Hall–Kier alpha value is -1.84. The molecule has 0 saturated heterocycles. The Kier molecular flexibility index (Phi) is 5.99. The summed E-state index contributed by atoms with van der Waals surface area (Å²) < 4.78 is 0. The van der Waals surface area contributed by atoms with Crippen molar-refractivity contribution in [2.24, 2.45) is 0 Å². The molecule has 2 aromatic carbocycles. The van der Waals surface area contributed by atoms with Crippen LogP contribution < -0.4 is 5.32 Å². The zero-order valence-corrected chi connectivity index (χ0v) is 13.3. The SMILES string of the molecule is Cc1cc(O)c(CNC(CCCO)c2ccccc2)cc1C. The van der Waals surface area contributed by atoms with Crippen molar-refractivity contribution in [1.29, 1.82) is 0 Å².